The summed E-state index contributed by atoms with van der Waals surface area (Å²) in [6, 6.07) is 0. The minimum Gasteiger partial charge on any atom is -0.465 e. The second-order valence-corrected chi connectivity index (χ2v) is 5.57. The molecule has 0 saturated heterocycles. The van der Waals surface area contributed by atoms with Gasteiger partial charge in [-0.25, -0.2) is 0 Å². The maximum Gasteiger partial charge on any atom is 0.460 e. The van der Waals surface area contributed by atoms with E-state index in [1.165, 1.54) is 20.8 Å². The van der Waals surface area contributed by atoms with Gasteiger partial charge in [0, 0.05) is 0 Å². The zero-order chi connectivity index (χ0) is 18.7. The Bertz CT molecular complexity index is 438. The van der Waals surface area contributed by atoms with Gasteiger partial charge in [-0.15, -0.1) is 0 Å². The first kappa shape index (κ1) is 21.4. The Balaban J connectivity index is 4.42. The Morgan fingerprint density at radius 1 is 0.870 bits per heavy atom. The number of rotatable bonds is 6. The van der Waals surface area contributed by atoms with Crippen molar-refractivity contribution in [2.24, 2.45) is 5.41 Å². The minimum absolute atomic E-state index is 0.587. The molecule has 23 heavy (non-hydrogen) atoms. The summed E-state index contributed by atoms with van der Waals surface area (Å²) in [6.07, 6.45) is -7.26. The van der Waals surface area contributed by atoms with Crippen molar-refractivity contribution < 1.29 is 49.8 Å². The van der Waals surface area contributed by atoms with Gasteiger partial charge in [0.2, 0.25) is 0 Å². The minimum atomic E-state index is -6.49. The molecular weight excluding hydrogens is 341 g/mol. The average Bonchev–Trinajstić information content (AvgIpc) is 2.33. The van der Waals surface area contributed by atoms with E-state index in [2.05, 4.69) is 9.47 Å². The van der Waals surface area contributed by atoms with Crippen molar-refractivity contribution in [2.45, 2.75) is 45.2 Å². The van der Waals surface area contributed by atoms with Crippen molar-refractivity contribution >= 4 is 11.9 Å². The lowest BCUT2D eigenvalue weighted by molar-refractivity contribution is -0.359. The van der Waals surface area contributed by atoms with Crippen LogP contribution in [0.25, 0.3) is 0 Å². The van der Waals surface area contributed by atoms with Crippen molar-refractivity contribution in [3.05, 3.63) is 0 Å². The quantitative estimate of drug-likeness (QED) is 0.541. The molecule has 0 unspecified atom stereocenters. The van der Waals surface area contributed by atoms with Gasteiger partial charge in [0.15, 0.2) is 6.61 Å². The van der Waals surface area contributed by atoms with Gasteiger partial charge in [-0.05, 0) is 20.8 Å². The normalized spacial score (nSPS) is 13.7. The number of hydrogen-bond donors (Lipinski definition) is 0. The van der Waals surface area contributed by atoms with Crippen molar-refractivity contribution in [3.63, 3.8) is 0 Å². The lowest BCUT2D eigenvalue weighted by Crippen LogP contribution is -2.54. The summed E-state index contributed by atoms with van der Waals surface area (Å²) in [7, 11) is 0. The lowest BCUT2D eigenvalue weighted by Gasteiger charge is -2.27. The molecule has 11 heteroatoms. The number of esters is 2. The zero-order valence-electron chi connectivity index (χ0n) is 12.4. The first-order valence-corrected chi connectivity index (χ1v) is 6.17. The molecule has 0 amide bonds. The molecule has 0 rings (SSSR count). The van der Waals surface area contributed by atoms with Crippen LogP contribution in [0.15, 0.2) is 0 Å². The van der Waals surface area contributed by atoms with Gasteiger partial charge < -0.3 is 9.47 Å². The Morgan fingerprint density at radius 3 is 1.74 bits per heavy atom. The highest BCUT2D eigenvalue weighted by molar-refractivity contribution is 5.76. The Morgan fingerprint density at radius 2 is 1.35 bits per heavy atom. The van der Waals surface area contributed by atoms with E-state index < -0.39 is 55.0 Å². The summed E-state index contributed by atoms with van der Waals surface area (Å²) in [4.78, 5) is 22.3. The maximum absolute atomic E-state index is 12.8. The van der Waals surface area contributed by atoms with Crippen molar-refractivity contribution in [1.29, 1.82) is 0 Å². The summed E-state index contributed by atoms with van der Waals surface area (Å²) < 4.78 is 94.4. The third kappa shape index (κ3) is 5.87. The highest BCUT2D eigenvalue weighted by atomic mass is 19.4. The molecule has 0 aliphatic rings. The molecule has 0 aliphatic carbocycles. The van der Waals surface area contributed by atoms with E-state index in [0.717, 1.165) is 0 Å². The lowest BCUT2D eigenvalue weighted by atomic mass is 9.97. The molecule has 4 nitrogen and oxygen atoms in total. The smallest absolute Gasteiger partial charge is 0.460 e. The van der Waals surface area contributed by atoms with Crippen LogP contribution < -0.4 is 0 Å². The highest BCUT2D eigenvalue weighted by Crippen LogP contribution is 2.46. The van der Waals surface area contributed by atoms with E-state index in [0.29, 0.717) is 0 Å². The van der Waals surface area contributed by atoms with Gasteiger partial charge in [0.05, 0.1) is 11.8 Å². The monoisotopic (exact) mass is 356 g/mol. The molecular formula is C12H15F7O4. The molecule has 0 aromatic heterocycles. The number of ether oxygens (including phenoxy) is 2. The Hall–Kier alpha value is -1.55. The van der Waals surface area contributed by atoms with Gasteiger partial charge in [0.1, 0.15) is 6.61 Å². The Labute approximate surface area is 126 Å². The number of carbonyl (C=O) groups excluding carboxylic acids is 2. The third-order valence-corrected chi connectivity index (χ3v) is 2.38. The van der Waals surface area contributed by atoms with Crippen LogP contribution in [0.5, 0.6) is 0 Å². The summed E-state index contributed by atoms with van der Waals surface area (Å²) in [5, 5.41) is 0. The molecule has 0 radical (unpaired) electrons. The van der Waals surface area contributed by atoms with E-state index in [-0.39, 0.29) is 0 Å². The second kappa shape index (κ2) is 6.91. The van der Waals surface area contributed by atoms with Crippen LogP contribution in [0.4, 0.5) is 30.7 Å². The maximum atomic E-state index is 12.8. The second-order valence-electron chi connectivity index (χ2n) is 5.57. The summed E-state index contributed by atoms with van der Waals surface area (Å²) in [5.74, 6) is -14.2. The molecule has 0 spiro atoms. The van der Waals surface area contributed by atoms with Gasteiger partial charge in [0.25, 0.3) is 0 Å². The van der Waals surface area contributed by atoms with Crippen LogP contribution in [0.1, 0.15) is 27.2 Å². The highest BCUT2D eigenvalue weighted by Gasteiger charge is 2.73. The van der Waals surface area contributed by atoms with E-state index in [4.69, 9.17) is 0 Å². The largest absolute Gasteiger partial charge is 0.465 e. The average molecular weight is 356 g/mol. The predicted molar refractivity (Wildman–Crippen MR) is 61.9 cm³/mol. The molecule has 0 saturated carbocycles. The van der Waals surface area contributed by atoms with Crippen molar-refractivity contribution in [1.82, 2.24) is 0 Å². The molecule has 0 heterocycles. The van der Waals surface area contributed by atoms with Crippen molar-refractivity contribution in [3.8, 4) is 0 Å². The SMILES string of the molecule is CC(C)(C)C(=O)OCCC(=O)OCC(F)(F)C(F)(F)C(F)(F)F. The summed E-state index contributed by atoms with van der Waals surface area (Å²) in [5.41, 5.74) is -0.897. The molecule has 0 fully saturated rings. The summed E-state index contributed by atoms with van der Waals surface area (Å²) in [6.45, 7) is 1.44. The van der Waals surface area contributed by atoms with Gasteiger partial charge >= 0.3 is 30.0 Å². The molecule has 0 atom stereocenters. The third-order valence-electron chi connectivity index (χ3n) is 2.38. The zero-order valence-corrected chi connectivity index (χ0v) is 12.4. The summed E-state index contributed by atoms with van der Waals surface area (Å²) >= 11 is 0. The number of hydrogen-bond acceptors (Lipinski definition) is 4. The van der Waals surface area contributed by atoms with E-state index in [9.17, 15) is 40.3 Å². The van der Waals surface area contributed by atoms with Gasteiger partial charge in [-0.1, -0.05) is 0 Å². The van der Waals surface area contributed by atoms with Crippen molar-refractivity contribution in [2.75, 3.05) is 13.2 Å². The van der Waals surface area contributed by atoms with E-state index in [1.807, 2.05) is 0 Å². The van der Waals surface area contributed by atoms with Crippen LogP contribution in [-0.2, 0) is 19.1 Å². The standard InChI is InChI=1S/C12H15F7O4/c1-9(2,3)8(21)22-5-4-7(20)23-6-10(13,14)11(15,16)12(17,18)19/h4-6H2,1-3H3. The predicted octanol–water partition coefficient (Wildman–Crippen LogP) is 3.34. The van der Waals surface area contributed by atoms with Gasteiger partial charge in [-0.3, -0.25) is 9.59 Å². The van der Waals surface area contributed by atoms with Crippen LogP contribution in [0.3, 0.4) is 0 Å². The molecule has 136 valence electrons. The fraction of sp³-hybridized carbons (Fsp3) is 0.833. The molecule has 0 aromatic rings. The number of carbonyl (C=O) groups is 2. The topological polar surface area (TPSA) is 52.6 Å². The fourth-order valence-corrected chi connectivity index (χ4v) is 0.985. The van der Waals surface area contributed by atoms with E-state index >= 15 is 0 Å². The molecule has 0 aliphatic heterocycles. The van der Waals surface area contributed by atoms with Crippen LogP contribution in [0, 0.1) is 5.41 Å². The van der Waals surface area contributed by atoms with E-state index in [1.54, 1.807) is 0 Å². The molecule has 0 aromatic carbocycles. The fourth-order valence-electron chi connectivity index (χ4n) is 0.985. The molecule has 0 N–H and O–H groups in total. The number of halogens is 7. The van der Waals surface area contributed by atoms with Crippen LogP contribution in [-0.4, -0.2) is 43.2 Å². The van der Waals surface area contributed by atoms with Crippen LogP contribution >= 0.6 is 0 Å². The first-order chi connectivity index (χ1) is 10.0. The van der Waals surface area contributed by atoms with Crippen LogP contribution in [0.2, 0.25) is 0 Å². The number of alkyl halides is 7. The first-order valence-electron chi connectivity index (χ1n) is 6.17. The van der Waals surface area contributed by atoms with Gasteiger partial charge in [-0.2, -0.15) is 30.7 Å². The Kier molecular flexibility index (Phi) is 6.45. The molecule has 0 bridgehead atoms.